The molecule has 1 saturated carbocycles. The zero-order chi connectivity index (χ0) is 11.6. The van der Waals surface area contributed by atoms with Crippen molar-refractivity contribution in [3.05, 3.63) is 35.4 Å². The maximum Gasteiger partial charge on any atom is 0.130 e. The van der Waals surface area contributed by atoms with Crippen LogP contribution in [0.25, 0.3) is 0 Å². The Morgan fingerprint density at radius 2 is 1.88 bits per heavy atom. The highest BCUT2D eigenvalue weighted by Gasteiger charge is 2.41. The summed E-state index contributed by atoms with van der Waals surface area (Å²) in [7, 11) is 0. The summed E-state index contributed by atoms with van der Waals surface area (Å²) >= 11 is 0. The van der Waals surface area contributed by atoms with Gasteiger partial charge in [0.1, 0.15) is 11.6 Å². The third-order valence-corrected chi connectivity index (χ3v) is 3.16. The minimum atomic E-state index is -0.527. The molecule has 0 unspecified atom stereocenters. The lowest BCUT2D eigenvalue weighted by atomic mass is 10.1. The van der Waals surface area contributed by atoms with Crippen LogP contribution in [0.3, 0.4) is 0 Å². The van der Waals surface area contributed by atoms with Crippen LogP contribution in [0.15, 0.2) is 18.2 Å². The summed E-state index contributed by atoms with van der Waals surface area (Å²) in [5, 5.41) is 12.1. The van der Waals surface area contributed by atoms with Crippen LogP contribution >= 0.6 is 0 Å². The Labute approximate surface area is 93.3 Å². The van der Waals surface area contributed by atoms with E-state index in [9.17, 15) is 8.78 Å². The number of halogens is 2. The van der Waals surface area contributed by atoms with Gasteiger partial charge in [0.05, 0.1) is 0 Å². The van der Waals surface area contributed by atoms with Gasteiger partial charge in [-0.3, -0.25) is 0 Å². The number of nitrogens with one attached hydrogen (secondary N) is 1. The van der Waals surface area contributed by atoms with Gasteiger partial charge < -0.3 is 10.4 Å². The van der Waals surface area contributed by atoms with Crippen molar-refractivity contribution in [3.8, 4) is 0 Å². The predicted molar refractivity (Wildman–Crippen MR) is 56.8 cm³/mol. The summed E-state index contributed by atoms with van der Waals surface area (Å²) in [4.78, 5) is 0. The van der Waals surface area contributed by atoms with Gasteiger partial charge >= 0.3 is 0 Å². The van der Waals surface area contributed by atoms with Crippen LogP contribution in [-0.2, 0) is 6.54 Å². The van der Waals surface area contributed by atoms with E-state index >= 15 is 0 Å². The maximum atomic E-state index is 13.2. The molecule has 1 aromatic carbocycles. The van der Waals surface area contributed by atoms with E-state index in [4.69, 9.17) is 5.11 Å². The topological polar surface area (TPSA) is 32.3 Å². The molecule has 1 aliphatic carbocycles. The van der Waals surface area contributed by atoms with Crippen molar-refractivity contribution in [1.82, 2.24) is 5.32 Å². The van der Waals surface area contributed by atoms with Gasteiger partial charge in [0, 0.05) is 30.7 Å². The predicted octanol–water partition coefficient (Wildman–Crippen LogP) is 1.83. The third kappa shape index (κ3) is 2.39. The van der Waals surface area contributed by atoms with Gasteiger partial charge in [-0.2, -0.15) is 0 Å². The molecule has 2 N–H and O–H groups in total. The first kappa shape index (κ1) is 11.5. The first-order valence-electron chi connectivity index (χ1n) is 5.41. The molecule has 0 radical (unpaired) electrons. The van der Waals surface area contributed by atoms with Gasteiger partial charge in [-0.25, -0.2) is 8.78 Å². The van der Waals surface area contributed by atoms with E-state index in [0.29, 0.717) is 6.54 Å². The molecule has 0 spiro atoms. The summed E-state index contributed by atoms with van der Waals surface area (Å²) in [6.07, 6.45) is 1.96. The van der Waals surface area contributed by atoms with E-state index in [0.717, 1.165) is 12.8 Å². The normalized spacial score (nSPS) is 17.4. The lowest BCUT2D eigenvalue weighted by molar-refractivity contribution is 0.207. The van der Waals surface area contributed by atoms with Gasteiger partial charge in [0.15, 0.2) is 0 Å². The zero-order valence-electron chi connectivity index (χ0n) is 8.97. The largest absolute Gasteiger partial charge is 0.396 e. The minimum absolute atomic E-state index is 0.0399. The molecule has 2 nitrogen and oxygen atoms in total. The van der Waals surface area contributed by atoms with Gasteiger partial charge in [-0.1, -0.05) is 6.07 Å². The molecule has 0 aromatic heterocycles. The second-order valence-corrected chi connectivity index (χ2v) is 4.46. The van der Waals surface area contributed by atoms with Crippen LogP contribution in [0.4, 0.5) is 8.78 Å². The van der Waals surface area contributed by atoms with Crippen LogP contribution in [0.2, 0.25) is 0 Å². The number of aliphatic hydroxyl groups is 1. The average Bonchev–Trinajstić information content (AvgIpc) is 3.03. The highest BCUT2D eigenvalue weighted by atomic mass is 19.1. The van der Waals surface area contributed by atoms with E-state index in [1.54, 1.807) is 0 Å². The molecule has 0 amide bonds. The molecule has 0 heterocycles. The molecule has 1 aromatic rings. The lowest BCUT2D eigenvalue weighted by Gasteiger charge is -2.13. The van der Waals surface area contributed by atoms with E-state index in [-0.39, 0.29) is 24.1 Å². The minimum Gasteiger partial charge on any atom is -0.396 e. The number of aliphatic hydroxyl groups excluding tert-OH is 1. The molecule has 0 bridgehead atoms. The summed E-state index contributed by atoms with van der Waals surface area (Å²) < 4.78 is 26.5. The molecule has 0 atom stereocenters. The Morgan fingerprint density at radius 3 is 2.38 bits per heavy atom. The molecule has 1 aliphatic rings. The van der Waals surface area contributed by atoms with Gasteiger partial charge in [-0.15, -0.1) is 0 Å². The summed E-state index contributed by atoms with van der Waals surface area (Å²) in [5.74, 6) is -1.05. The third-order valence-electron chi connectivity index (χ3n) is 3.16. The van der Waals surface area contributed by atoms with Crippen molar-refractivity contribution < 1.29 is 13.9 Å². The second-order valence-electron chi connectivity index (χ2n) is 4.46. The van der Waals surface area contributed by atoms with Crippen LogP contribution in [0.5, 0.6) is 0 Å². The monoisotopic (exact) mass is 227 g/mol. The quantitative estimate of drug-likeness (QED) is 0.804. The molecule has 88 valence electrons. The Bertz CT molecular complexity index is 357. The smallest absolute Gasteiger partial charge is 0.130 e. The van der Waals surface area contributed by atoms with E-state index in [1.165, 1.54) is 18.2 Å². The highest BCUT2D eigenvalue weighted by molar-refractivity contribution is 5.19. The van der Waals surface area contributed by atoms with Crippen molar-refractivity contribution in [2.45, 2.75) is 19.4 Å². The molecular weight excluding hydrogens is 212 g/mol. The first-order valence-corrected chi connectivity index (χ1v) is 5.41. The Balaban J connectivity index is 1.90. The molecule has 0 aliphatic heterocycles. The van der Waals surface area contributed by atoms with Gasteiger partial charge in [0.2, 0.25) is 0 Å². The molecule has 0 saturated heterocycles. The fourth-order valence-corrected chi connectivity index (χ4v) is 1.72. The van der Waals surface area contributed by atoms with Crippen LogP contribution in [-0.4, -0.2) is 18.3 Å². The van der Waals surface area contributed by atoms with Crippen LogP contribution in [0.1, 0.15) is 18.4 Å². The Morgan fingerprint density at radius 1 is 1.25 bits per heavy atom. The van der Waals surface area contributed by atoms with Crippen LogP contribution in [0, 0.1) is 17.0 Å². The molecule has 1 fully saturated rings. The van der Waals surface area contributed by atoms with Crippen molar-refractivity contribution in [2.24, 2.45) is 5.41 Å². The number of benzene rings is 1. The average molecular weight is 227 g/mol. The SMILES string of the molecule is OCC1(CNCc2c(F)cccc2F)CC1. The van der Waals surface area contributed by atoms with E-state index in [2.05, 4.69) is 5.32 Å². The van der Waals surface area contributed by atoms with Crippen LogP contribution < -0.4 is 5.32 Å². The fourth-order valence-electron chi connectivity index (χ4n) is 1.72. The lowest BCUT2D eigenvalue weighted by Crippen LogP contribution is -2.26. The molecular formula is C12H15F2NO. The number of rotatable bonds is 5. The highest BCUT2D eigenvalue weighted by Crippen LogP contribution is 2.44. The van der Waals surface area contributed by atoms with Crippen molar-refractivity contribution >= 4 is 0 Å². The Kier molecular flexibility index (Phi) is 3.21. The van der Waals surface area contributed by atoms with Crippen molar-refractivity contribution in [3.63, 3.8) is 0 Å². The first-order chi connectivity index (χ1) is 7.67. The second kappa shape index (κ2) is 4.47. The van der Waals surface area contributed by atoms with E-state index in [1.807, 2.05) is 0 Å². The Hall–Kier alpha value is -1.00. The molecule has 4 heteroatoms. The molecule has 16 heavy (non-hydrogen) atoms. The summed E-state index contributed by atoms with van der Waals surface area (Å²) in [6, 6.07) is 3.85. The fraction of sp³-hybridized carbons (Fsp3) is 0.500. The van der Waals surface area contributed by atoms with Crippen molar-refractivity contribution in [1.29, 1.82) is 0 Å². The maximum absolute atomic E-state index is 13.2. The van der Waals surface area contributed by atoms with Gasteiger partial charge in [0.25, 0.3) is 0 Å². The summed E-state index contributed by atoms with van der Waals surface area (Å²) in [5.41, 5.74) is 0.0260. The number of hydrogen-bond donors (Lipinski definition) is 2. The van der Waals surface area contributed by atoms with Gasteiger partial charge in [-0.05, 0) is 25.0 Å². The van der Waals surface area contributed by atoms with Crippen molar-refractivity contribution in [2.75, 3.05) is 13.2 Å². The van der Waals surface area contributed by atoms with E-state index < -0.39 is 11.6 Å². The summed E-state index contributed by atoms with van der Waals surface area (Å²) in [6.45, 7) is 0.914. The number of hydrogen-bond acceptors (Lipinski definition) is 2. The molecule has 2 rings (SSSR count). The zero-order valence-corrected chi connectivity index (χ0v) is 8.97. The standard InChI is InChI=1S/C12H15F2NO/c13-10-2-1-3-11(14)9(10)6-15-7-12(8-16)4-5-12/h1-3,15-16H,4-8H2.